The molecule has 0 aliphatic heterocycles. The first-order valence-corrected chi connectivity index (χ1v) is 7.66. The van der Waals surface area contributed by atoms with Gasteiger partial charge in [0.15, 0.2) is 11.9 Å². The van der Waals surface area contributed by atoms with Crippen molar-refractivity contribution in [3.8, 4) is 5.75 Å². The van der Waals surface area contributed by atoms with E-state index in [1.807, 2.05) is 0 Å². The smallest absolute Gasteiger partial charge is 0.265 e. The van der Waals surface area contributed by atoms with E-state index >= 15 is 0 Å². The van der Waals surface area contributed by atoms with Gasteiger partial charge in [-0.3, -0.25) is 9.59 Å². The number of rotatable bonds is 5. The van der Waals surface area contributed by atoms with Crippen molar-refractivity contribution in [3.63, 3.8) is 0 Å². The van der Waals surface area contributed by atoms with Gasteiger partial charge in [0, 0.05) is 5.56 Å². The van der Waals surface area contributed by atoms with Crippen LogP contribution in [0.5, 0.6) is 5.75 Å². The van der Waals surface area contributed by atoms with Gasteiger partial charge in [-0.25, -0.2) is 0 Å². The number of nitrogens with one attached hydrogen (secondary N) is 1. The molecule has 0 saturated heterocycles. The molecule has 2 aromatic carbocycles. The number of amides is 1. The molecule has 2 rings (SSSR count). The Labute approximate surface area is 144 Å². The molecule has 1 amide bonds. The topological polar surface area (TPSA) is 55.4 Å². The Morgan fingerprint density at radius 1 is 1.09 bits per heavy atom. The molecule has 0 aliphatic rings. The molecule has 23 heavy (non-hydrogen) atoms. The first-order valence-electron chi connectivity index (χ1n) is 6.91. The number of para-hydroxylation sites is 1. The predicted molar refractivity (Wildman–Crippen MR) is 91.6 cm³/mol. The molecule has 0 aliphatic carbocycles. The van der Waals surface area contributed by atoms with Crippen molar-refractivity contribution in [1.82, 2.24) is 0 Å². The molecular weight excluding hydrogens is 337 g/mol. The van der Waals surface area contributed by atoms with Gasteiger partial charge in [0.25, 0.3) is 5.91 Å². The Hall–Kier alpha value is -2.04. The van der Waals surface area contributed by atoms with Crippen LogP contribution in [0.3, 0.4) is 0 Å². The molecule has 0 bridgehead atoms. The highest BCUT2D eigenvalue weighted by molar-refractivity contribution is 6.39. The first kappa shape index (κ1) is 17.3. The highest BCUT2D eigenvalue weighted by Gasteiger charge is 2.18. The summed E-state index contributed by atoms with van der Waals surface area (Å²) in [5.41, 5.74) is 0.859. The van der Waals surface area contributed by atoms with E-state index in [2.05, 4.69) is 5.32 Å². The van der Waals surface area contributed by atoms with Crippen LogP contribution in [-0.2, 0) is 4.79 Å². The van der Waals surface area contributed by atoms with Crippen molar-refractivity contribution in [1.29, 1.82) is 0 Å². The quantitative estimate of drug-likeness (QED) is 0.800. The van der Waals surface area contributed by atoms with Gasteiger partial charge in [-0.05, 0) is 38.1 Å². The van der Waals surface area contributed by atoms with Crippen LogP contribution in [0.25, 0.3) is 0 Å². The molecule has 0 heterocycles. The summed E-state index contributed by atoms with van der Waals surface area (Å²) in [5.74, 6) is -0.0331. The molecule has 0 radical (unpaired) electrons. The molecule has 0 saturated carbocycles. The summed E-state index contributed by atoms with van der Waals surface area (Å²) in [5, 5.41) is 3.33. The summed E-state index contributed by atoms with van der Waals surface area (Å²) < 4.78 is 5.57. The Morgan fingerprint density at radius 3 is 2.30 bits per heavy atom. The van der Waals surface area contributed by atoms with Gasteiger partial charge in [-0.2, -0.15) is 0 Å². The zero-order valence-electron chi connectivity index (χ0n) is 12.6. The normalized spacial score (nSPS) is 11.7. The number of carbonyl (C=O) groups is 2. The molecule has 2 aromatic rings. The number of hydrogen-bond donors (Lipinski definition) is 1. The lowest BCUT2D eigenvalue weighted by Crippen LogP contribution is -2.30. The summed E-state index contributed by atoms with van der Waals surface area (Å²) in [7, 11) is 0. The zero-order chi connectivity index (χ0) is 17.0. The highest BCUT2D eigenvalue weighted by atomic mass is 35.5. The Kier molecular flexibility index (Phi) is 5.64. The summed E-state index contributed by atoms with van der Waals surface area (Å²) in [6.45, 7) is 3.06. The zero-order valence-corrected chi connectivity index (χ0v) is 14.1. The van der Waals surface area contributed by atoms with E-state index < -0.39 is 12.0 Å². The maximum atomic E-state index is 12.2. The third-order valence-electron chi connectivity index (χ3n) is 3.13. The van der Waals surface area contributed by atoms with E-state index in [-0.39, 0.29) is 5.78 Å². The minimum absolute atomic E-state index is 0.0737. The summed E-state index contributed by atoms with van der Waals surface area (Å²) >= 11 is 12.0. The van der Waals surface area contributed by atoms with Crippen LogP contribution in [0.15, 0.2) is 42.5 Å². The van der Waals surface area contributed by atoms with E-state index in [0.717, 1.165) is 0 Å². The largest absolute Gasteiger partial charge is 0.481 e. The molecule has 6 heteroatoms. The fourth-order valence-corrected chi connectivity index (χ4v) is 2.38. The molecule has 4 nitrogen and oxygen atoms in total. The van der Waals surface area contributed by atoms with Gasteiger partial charge in [0.2, 0.25) is 0 Å². The maximum absolute atomic E-state index is 12.2. The number of ether oxygens (including phenoxy) is 1. The minimum atomic E-state index is -0.787. The van der Waals surface area contributed by atoms with Crippen molar-refractivity contribution in [2.24, 2.45) is 0 Å². The average Bonchev–Trinajstić information content (AvgIpc) is 2.51. The second-order valence-electron chi connectivity index (χ2n) is 4.93. The molecule has 0 spiro atoms. The lowest BCUT2D eigenvalue weighted by atomic mass is 10.1. The fourth-order valence-electron chi connectivity index (χ4n) is 1.89. The van der Waals surface area contributed by atoms with Crippen LogP contribution in [0, 0.1) is 0 Å². The van der Waals surface area contributed by atoms with Gasteiger partial charge in [-0.15, -0.1) is 0 Å². The van der Waals surface area contributed by atoms with Crippen molar-refractivity contribution in [2.75, 3.05) is 5.32 Å². The van der Waals surface area contributed by atoms with Crippen molar-refractivity contribution >= 4 is 40.6 Å². The molecule has 120 valence electrons. The van der Waals surface area contributed by atoms with Crippen LogP contribution in [0.1, 0.15) is 24.2 Å². The van der Waals surface area contributed by atoms with Gasteiger partial charge in [0.05, 0.1) is 15.7 Å². The van der Waals surface area contributed by atoms with Gasteiger partial charge in [0.1, 0.15) is 5.75 Å². The van der Waals surface area contributed by atoms with E-state index in [4.69, 9.17) is 27.9 Å². The Bertz CT molecular complexity index is 726. The monoisotopic (exact) mass is 351 g/mol. The van der Waals surface area contributed by atoms with Crippen LogP contribution in [0.2, 0.25) is 10.0 Å². The number of ketones is 1. The van der Waals surface area contributed by atoms with Crippen molar-refractivity contribution < 1.29 is 14.3 Å². The number of hydrogen-bond acceptors (Lipinski definition) is 3. The second-order valence-corrected chi connectivity index (χ2v) is 5.74. The van der Waals surface area contributed by atoms with E-state index in [9.17, 15) is 9.59 Å². The Morgan fingerprint density at radius 2 is 1.70 bits per heavy atom. The fraction of sp³-hybridized carbons (Fsp3) is 0.176. The standard InChI is InChI=1S/C17H15Cl2NO3/c1-10(21)12-5-3-6-13(9-12)23-11(2)17(22)20-16-14(18)7-4-8-15(16)19/h3-9,11H,1-2H3,(H,20,22)/t11-/m1/s1. The molecule has 1 N–H and O–H groups in total. The van der Waals surface area contributed by atoms with Gasteiger partial charge in [-0.1, -0.05) is 41.4 Å². The molecule has 0 unspecified atom stereocenters. The van der Waals surface area contributed by atoms with Crippen LogP contribution in [0.4, 0.5) is 5.69 Å². The first-order chi connectivity index (χ1) is 10.9. The molecule has 1 atom stereocenters. The van der Waals surface area contributed by atoms with Gasteiger partial charge < -0.3 is 10.1 Å². The summed E-state index contributed by atoms with van der Waals surface area (Å²) in [6.07, 6.45) is -0.787. The number of halogens is 2. The summed E-state index contributed by atoms with van der Waals surface area (Å²) in [6, 6.07) is 11.6. The van der Waals surface area contributed by atoms with E-state index in [0.29, 0.717) is 27.0 Å². The minimum Gasteiger partial charge on any atom is -0.481 e. The van der Waals surface area contributed by atoms with Crippen LogP contribution in [-0.4, -0.2) is 17.8 Å². The number of benzene rings is 2. The third kappa shape index (κ3) is 4.47. The Balaban J connectivity index is 2.08. The predicted octanol–water partition coefficient (Wildman–Crippen LogP) is 4.60. The van der Waals surface area contributed by atoms with Crippen molar-refractivity contribution in [3.05, 3.63) is 58.1 Å². The number of anilines is 1. The van der Waals surface area contributed by atoms with Crippen LogP contribution < -0.4 is 10.1 Å². The maximum Gasteiger partial charge on any atom is 0.265 e. The second kappa shape index (κ2) is 7.49. The SMILES string of the molecule is CC(=O)c1cccc(O[C@H](C)C(=O)Nc2c(Cl)cccc2Cl)c1. The number of carbonyl (C=O) groups excluding carboxylic acids is 2. The van der Waals surface area contributed by atoms with Gasteiger partial charge >= 0.3 is 0 Å². The van der Waals surface area contributed by atoms with E-state index in [1.165, 1.54) is 6.92 Å². The lowest BCUT2D eigenvalue weighted by molar-refractivity contribution is -0.122. The average molecular weight is 352 g/mol. The van der Waals surface area contributed by atoms with Crippen molar-refractivity contribution in [2.45, 2.75) is 20.0 Å². The molecular formula is C17H15Cl2NO3. The van der Waals surface area contributed by atoms with Crippen LogP contribution >= 0.6 is 23.2 Å². The number of Topliss-reactive ketones (excluding diaryl/α,β-unsaturated/α-hetero) is 1. The lowest BCUT2D eigenvalue weighted by Gasteiger charge is -2.16. The van der Waals surface area contributed by atoms with E-state index in [1.54, 1.807) is 49.4 Å². The highest BCUT2D eigenvalue weighted by Crippen LogP contribution is 2.30. The molecule has 0 aromatic heterocycles. The third-order valence-corrected chi connectivity index (χ3v) is 3.76. The molecule has 0 fully saturated rings. The summed E-state index contributed by atoms with van der Waals surface area (Å²) in [4.78, 5) is 23.6.